The van der Waals surface area contributed by atoms with Crippen molar-refractivity contribution in [2.45, 2.75) is 39.2 Å². The molecule has 4 rings (SSSR count). The van der Waals surface area contributed by atoms with E-state index >= 15 is 0 Å². The SMILES string of the molecule is COC1(C)C[C@@]2(C)C(=O)C[C@@H]1C=C2c1ccccc1C. The van der Waals surface area contributed by atoms with Crippen LogP contribution in [0.25, 0.3) is 5.57 Å². The fourth-order valence-electron chi connectivity index (χ4n) is 3.92. The number of Topliss-reactive ketones (excluding diaryl/α,β-unsaturated/α-hetero) is 1. The van der Waals surface area contributed by atoms with Crippen molar-refractivity contribution in [2.75, 3.05) is 7.11 Å². The number of carbonyl (C=O) groups is 1. The molecule has 2 nitrogen and oxygen atoms in total. The topological polar surface area (TPSA) is 26.3 Å². The molecule has 20 heavy (non-hydrogen) atoms. The highest BCUT2D eigenvalue weighted by atomic mass is 16.5. The van der Waals surface area contributed by atoms with Gasteiger partial charge in [-0.05, 0) is 43.9 Å². The van der Waals surface area contributed by atoms with Crippen LogP contribution in [0.2, 0.25) is 0 Å². The van der Waals surface area contributed by atoms with Crippen molar-refractivity contribution >= 4 is 11.4 Å². The molecule has 2 bridgehead atoms. The lowest BCUT2D eigenvalue weighted by atomic mass is 9.54. The number of fused-ring (bicyclic) bond motifs is 2. The largest absolute Gasteiger partial charge is 0.378 e. The van der Waals surface area contributed by atoms with Crippen LogP contribution >= 0.6 is 0 Å². The third-order valence-electron chi connectivity index (χ3n) is 5.37. The van der Waals surface area contributed by atoms with Crippen LogP contribution < -0.4 is 0 Å². The van der Waals surface area contributed by atoms with Gasteiger partial charge in [0.15, 0.2) is 0 Å². The zero-order valence-electron chi connectivity index (χ0n) is 12.7. The van der Waals surface area contributed by atoms with E-state index in [1.54, 1.807) is 7.11 Å². The fraction of sp³-hybridized carbons (Fsp3) is 0.500. The zero-order valence-corrected chi connectivity index (χ0v) is 12.7. The van der Waals surface area contributed by atoms with Crippen LogP contribution in [0.3, 0.4) is 0 Å². The normalized spacial score (nSPS) is 36.1. The van der Waals surface area contributed by atoms with Crippen LogP contribution in [0.4, 0.5) is 0 Å². The van der Waals surface area contributed by atoms with Crippen LogP contribution in [-0.4, -0.2) is 18.5 Å². The summed E-state index contributed by atoms with van der Waals surface area (Å²) < 4.78 is 5.74. The Bertz CT molecular complexity index is 601. The standard InChI is InChI=1S/C18H22O2/c1-12-7-5-6-8-14(12)15-9-13-10-16(19)17(15,2)11-18(13,3)20-4/h5-9,13H,10-11H2,1-4H3/t13-,17+,18?/m0/s1. The maximum absolute atomic E-state index is 12.6. The summed E-state index contributed by atoms with van der Waals surface area (Å²) >= 11 is 0. The number of rotatable bonds is 2. The molecule has 1 fully saturated rings. The van der Waals surface area contributed by atoms with Crippen molar-refractivity contribution in [3.05, 3.63) is 41.5 Å². The predicted molar refractivity (Wildman–Crippen MR) is 80.4 cm³/mol. The fourth-order valence-corrected chi connectivity index (χ4v) is 3.92. The van der Waals surface area contributed by atoms with Crippen molar-refractivity contribution in [1.29, 1.82) is 0 Å². The van der Waals surface area contributed by atoms with Crippen LogP contribution in [0.1, 0.15) is 37.8 Å². The zero-order chi connectivity index (χ0) is 14.5. The number of aryl methyl sites for hydroxylation is 1. The number of methoxy groups -OCH3 is 1. The Labute approximate surface area is 120 Å². The van der Waals surface area contributed by atoms with Gasteiger partial charge < -0.3 is 4.74 Å². The van der Waals surface area contributed by atoms with E-state index in [0.717, 1.165) is 6.42 Å². The highest BCUT2D eigenvalue weighted by Gasteiger charge is 2.55. The van der Waals surface area contributed by atoms with Crippen LogP contribution in [-0.2, 0) is 9.53 Å². The molecule has 1 saturated carbocycles. The Hall–Kier alpha value is -1.41. The molecule has 0 saturated heterocycles. The summed E-state index contributed by atoms with van der Waals surface area (Å²) in [6.45, 7) is 6.33. The van der Waals surface area contributed by atoms with Gasteiger partial charge in [-0.1, -0.05) is 30.3 Å². The van der Waals surface area contributed by atoms with Gasteiger partial charge in [0.05, 0.1) is 11.0 Å². The minimum Gasteiger partial charge on any atom is -0.378 e. The van der Waals surface area contributed by atoms with Gasteiger partial charge in [0.2, 0.25) is 0 Å². The van der Waals surface area contributed by atoms with Gasteiger partial charge in [-0.2, -0.15) is 0 Å². The number of hydrogen-bond donors (Lipinski definition) is 0. The molecule has 1 aromatic carbocycles. The number of allylic oxidation sites excluding steroid dienone is 1. The van der Waals surface area contributed by atoms with Gasteiger partial charge in [0, 0.05) is 19.4 Å². The summed E-state index contributed by atoms with van der Waals surface area (Å²) in [6.07, 6.45) is 3.67. The summed E-state index contributed by atoms with van der Waals surface area (Å²) in [5, 5.41) is 0. The molecule has 0 aliphatic heterocycles. The molecule has 0 heterocycles. The third kappa shape index (κ3) is 1.71. The van der Waals surface area contributed by atoms with E-state index in [0.29, 0.717) is 12.2 Å². The van der Waals surface area contributed by atoms with Gasteiger partial charge in [-0.15, -0.1) is 0 Å². The van der Waals surface area contributed by atoms with E-state index in [4.69, 9.17) is 4.74 Å². The lowest BCUT2D eigenvalue weighted by Gasteiger charge is -2.52. The quantitative estimate of drug-likeness (QED) is 0.817. The second-order valence-electron chi connectivity index (χ2n) is 6.65. The van der Waals surface area contributed by atoms with E-state index in [2.05, 4.69) is 45.0 Å². The lowest BCUT2D eigenvalue weighted by Crippen LogP contribution is -2.54. The predicted octanol–water partition coefficient (Wildman–Crippen LogP) is 3.78. The first-order chi connectivity index (χ1) is 9.40. The van der Waals surface area contributed by atoms with E-state index in [1.165, 1.54) is 16.7 Å². The Morgan fingerprint density at radius 3 is 2.60 bits per heavy atom. The first-order valence-electron chi connectivity index (χ1n) is 7.27. The molecule has 3 aliphatic carbocycles. The second kappa shape index (κ2) is 4.29. The number of hydrogen-bond acceptors (Lipinski definition) is 2. The molecule has 3 atom stereocenters. The highest BCUT2D eigenvalue weighted by molar-refractivity contribution is 6.01. The van der Waals surface area contributed by atoms with E-state index in [-0.39, 0.29) is 11.5 Å². The molecule has 1 aromatic rings. The average molecular weight is 270 g/mol. The molecule has 0 aromatic heterocycles. The van der Waals surface area contributed by atoms with Crippen LogP contribution in [0.15, 0.2) is 30.3 Å². The van der Waals surface area contributed by atoms with Gasteiger partial charge in [0.25, 0.3) is 0 Å². The molecule has 0 amide bonds. The van der Waals surface area contributed by atoms with Gasteiger partial charge in [0.1, 0.15) is 5.78 Å². The summed E-state index contributed by atoms with van der Waals surface area (Å²) in [5.74, 6) is 0.550. The van der Waals surface area contributed by atoms with Gasteiger partial charge in [-0.3, -0.25) is 4.79 Å². The Morgan fingerprint density at radius 2 is 1.95 bits per heavy atom. The van der Waals surface area contributed by atoms with Crippen LogP contribution in [0.5, 0.6) is 0 Å². The Balaban J connectivity index is 2.16. The summed E-state index contributed by atoms with van der Waals surface area (Å²) in [7, 11) is 1.76. The van der Waals surface area contributed by atoms with E-state index in [1.807, 2.05) is 6.07 Å². The molecule has 2 heteroatoms. The molecule has 106 valence electrons. The maximum atomic E-state index is 12.6. The maximum Gasteiger partial charge on any atom is 0.143 e. The Morgan fingerprint density at radius 1 is 1.25 bits per heavy atom. The second-order valence-corrected chi connectivity index (χ2v) is 6.65. The van der Waals surface area contributed by atoms with Crippen molar-refractivity contribution in [3.8, 4) is 0 Å². The first-order valence-corrected chi connectivity index (χ1v) is 7.27. The van der Waals surface area contributed by atoms with Crippen molar-refractivity contribution in [3.63, 3.8) is 0 Å². The summed E-state index contributed by atoms with van der Waals surface area (Å²) in [4.78, 5) is 12.6. The average Bonchev–Trinajstić information content (AvgIpc) is 2.41. The highest BCUT2D eigenvalue weighted by Crippen LogP contribution is 2.56. The molecule has 0 radical (unpaired) electrons. The first kappa shape index (κ1) is 13.6. The molecule has 0 N–H and O–H groups in total. The molecule has 1 unspecified atom stereocenters. The lowest BCUT2D eigenvalue weighted by molar-refractivity contribution is -0.144. The van der Waals surface area contributed by atoms with Crippen molar-refractivity contribution < 1.29 is 9.53 Å². The van der Waals surface area contributed by atoms with Gasteiger partial charge >= 0.3 is 0 Å². The smallest absolute Gasteiger partial charge is 0.143 e. The monoisotopic (exact) mass is 270 g/mol. The number of carbonyl (C=O) groups excluding carboxylic acids is 1. The summed E-state index contributed by atoms with van der Waals surface area (Å²) in [5.41, 5.74) is 3.03. The van der Waals surface area contributed by atoms with E-state index < -0.39 is 5.41 Å². The van der Waals surface area contributed by atoms with Crippen molar-refractivity contribution in [1.82, 2.24) is 0 Å². The third-order valence-corrected chi connectivity index (χ3v) is 5.37. The molecular weight excluding hydrogens is 248 g/mol. The van der Waals surface area contributed by atoms with Gasteiger partial charge in [-0.25, -0.2) is 0 Å². The van der Waals surface area contributed by atoms with E-state index in [9.17, 15) is 4.79 Å². The summed E-state index contributed by atoms with van der Waals surface area (Å²) in [6, 6.07) is 8.34. The number of benzene rings is 1. The number of ether oxygens (including phenoxy) is 1. The van der Waals surface area contributed by atoms with Crippen LogP contribution in [0, 0.1) is 18.3 Å². The molecule has 0 spiro atoms. The van der Waals surface area contributed by atoms with Crippen molar-refractivity contribution in [2.24, 2.45) is 11.3 Å². The minimum atomic E-state index is -0.411. The Kier molecular flexibility index (Phi) is 2.91. The molecular formula is C18H22O2. The number of ketones is 1. The minimum absolute atomic E-state index is 0.191. The molecule has 3 aliphatic rings.